The van der Waals surface area contributed by atoms with Gasteiger partial charge in [0.2, 0.25) is 0 Å². The van der Waals surface area contributed by atoms with Crippen LogP contribution in [0.2, 0.25) is 0 Å². The Hall–Kier alpha value is 0.290. The summed E-state index contributed by atoms with van der Waals surface area (Å²) in [5, 5.41) is 0.465. The zero-order chi connectivity index (χ0) is 6.69. The molecule has 54 valence electrons. The summed E-state index contributed by atoms with van der Waals surface area (Å²) in [6, 6.07) is 0. The lowest BCUT2D eigenvalue weighted by molar-refractivity contribution is 0.505. The van der Waals surface area contributed by atoms with E-state index in [0.717, 1.165) is 12.3 Å². The van der Waals surface area contributed by atoms with Crippen LogP contribution in [0.1, 0.15) is 39.0 Å². The van der Waals surface area contributed by atoms with Crippen LogP contribution in [0.3, 0.4) is 0 Å². The van der Waals surface area contributed by atoms with E-state index in [-0.39, 0.29) is 0 Å². The normalized spacial score (nSPS) is 24.7. The quantitative estimate of drug-likeness (QED) is 0.525. The van der Waals surface area contributed by atoms with Crippen molar-refractivity contribution in [3.8, 4) is 0 Å². The van der Waals surface area contributed by atoms with E-state index in [9.17, 15) is 0 Å². The molecular formula is C8H15Cl. The van der Waals surface area contributed by atoms with E-state index in [1.165, 1.54) is 25.7 Å². The minimum atomic E-state index is 0.465. The van der Waals surface area contributed by atoms with Crippen LogP contribution in [0, 0.1) is 5.92 Å². The molecule has 0 aromatic rings. The van der Waals surface area contributed by atoms with Crippen molar-refractivity contribution < 1.29 is 0 Å². The number of hydrogen-bond acceptors (Lipinski definition) is 0. The predicted octanol–water partition coefficient (Wildman–Crippen LogP) is 3.19. The van der Waals surface area contributed by atoms with Crippen LogP contribution in [0.25, 0.3) is 0 Å². The lowest BCUT2D eigenvalue weighted by Crippen LogP contribution is -2.08. The monoisotopic (exact) mass is 146 g/mol. The van der Waals surface area contributed by atoms with Gasteiger partial charge in [0.15, 0.2) is 0 Å². The maximum absolute atomic E-state index is 6.07. The molecule has 0 N–H and O–H groups in total. The SMILES string of the molecule is CC[C@@H](Cl)C1CCCC1. The Morgan fingerprint density at radius 3 is 2.44 bits per heavy atom. The minimum Gasteiger partial charge on any atom is -0.123 e. The van der Waals surface area contributed by atoms with Crippen molar-refractivity contribution >= 4 is 11.6 Å². The van der Waals surface area contributed by atoms with Gasteiger partial charge in [-0.15, -0.1) is 11.6 Å². The molecule has 0 aromatic heterocycles. The predicted molar refractivity (Wildman–Crippen MR) is 41.9 cm³/mol. The van der Waals surface area contributed by atoms with Crippen molar-refractivity contribution in [2.45, 2.75) is 44.4 Å². The molecule has 0 radical (unpaired) electrons. The lowest BCUT2D eigenvalue weighted by atomic mass is 10.0. The molecule has 0 unspecified atom stereocenters. The van der Waals surface area contributed by atoms with Crippen molar-refractivity contribution in [3.05, 3.63) is 0 Å². The Morgan fingerprint density at radius 2 is 2.00 bits per heavy atom. The number of alkyl halides is 1. The number of rotatable bonds is 2. The molecule has 1 aliphatic rings. The van der Waals surface area contributed by atoms with E-state index in [1.807, 2.05) is 0 Å². The van der Waals surface area contributed by atoms with Crippen LogP contribution in [0.15, 0.2) is 0 Å². The molecule has 0 heterocycles. The highest BCUT2D eigenvalue weighted by Gasteiger charge is 2.21. The molecule has 1 rings (SSSR count). The highest BCUT2D eigenvalue weighted by Crippen LogP contribution is 2.31. The van der Waals surface area contributed by atoms with Crippen molar-refractivity contribution in [2.24, 2.45) is 5.92 Å². The first-order valence-corrected chi connectivity index (χ1v) is 4.42. The highest BCUT2D eigenvalue weighted by atomic mass is 35.5. The van der Waals surface area contributed by atoms with Gasteiger partial charge in [0.1, 0.15) is 0 Å². The molecule has 1 saturated carbocycles. The van der Waals surface area contributed by atoms with Gasteiger partial charge in [-0.1, -0.05) is 19.8 Å². The average molecular weight is 147 g/mol. The molecule has 0 spiro atoms. The van der Waals surface area contributed by atoms with E-state index in [1.54, 1.807) is 0 Å². The van der Waals surface area contributed by atoms with Crippen LogP contribution in [0.4, 0.5) is 0 Å². The first-order valence-electron chi connectivity index (χ1n) is 3.98. The molecule has 1 atom stereocenters. The minimum absolute atomic E-state index is 0.465. The van der Waals surface area contributed by atoms with Gasteiger partial charge in [0, 0.05) is 5.38 Å². The average Bonchev–Trinajstić information content (AvgIpc) is 2.37. The van der Waals surface area contributed by atoms with Gasteiger partial charge in [0.05, 0.1) is 0 Å². The summed E-state index contributed by atoms with van der Waals surface area (Å²) >= 11 is 6.07. The van der Waals surface area contributed by atoms with E-state index in [2.05, 4.69) is 6.92 Å². The molecule has 0 nitrogen and oxygen atoms in total. The lowest BCUT2D eigenvalue weighted by Gasteiger charge is -2.13. The van der Waals surface area contributed by atoms with Crippen molar-refractivity contribution in [1.29, 1.82) is 0 Å². The standard InChI is InChI=1S/C8H15Cl/c1-2-8(9)7-5-3-4-6-7/h7-8H,2-6H2,1H3/t8-/m1/s1. The fraction of sp³-hybridized carbons (Fsp3) is 1.00. The Labute approximate surface area is 62.6 Å². The van der Waals surface area contributed by atoms with Gasteiger partial charge in [-0.05, 0) is 25.2 Å². The zero-order valence-electron chi connectivity index (χ0n) is 6.07. The van der Waals surface area contributed by atoms with Gasteiger partial charge in [0.25, 0.3) is 0 Å². The van der Waals surface area contributed by atoms with Crippen LogP contribution in [0.5, 0.6) is 0 Å². The second-order valence-corrected chi connectivity index (χ2v) is 3.53. The fourth-order valence-electron chi connectivity index (χ4n) is 1.65. The first-order chi connectivity index (χ1) is 4.34. The maximum Gasteiger partial charge on any atom is 0.0361 e. The first kappa shape index (κ1) is 7.40. The summed E-state index contributed by atoms with van der Waals surface area (Å²) in [4.78, 5) is 0. The van der Waals surface area contributed by atoms with E-state index >= 15 is 0 Å². The van der Waals surface area contributed by atoms with Gasteiger partial charge < -0.3 is 0 Å². The van der Waals surface area contributed by atoms with Gasteiger partial charge >= 0.3 is 0 Å². The number of hydrogen-bond donors (Lipinski definition) is 0. The summed E-state index contributed by atoms with van der Waals surface area (Å²) in [6.45, 7) is 2.18. The Balaban J connectivity index is 2.24. The maximum atomic E-state index is 6.07. The topological polar surface area (TPSA) is 0 Å². The number of halogens is 1. The molecule has 9 heavy (non-hydrogen) atoms. The molecule has 0 amide bonds. The molecule has 0 bridgehead atoms. The molecule has 0 saturated heterocycles. The van der Waals surface area contributed by atoms with E-state index < -0.39 is 0 Å². The third kappa shape index (κ3) is 1.86. The highest BCUT2D eigenvalue weighted by molar-refractivity contribution is 6.20. The van der Waals surface area contributed by atoms with Crippen LogP contribution >= 0.6 is 11.6 Å². The second-order valence-electron chi connectivity index (χ2n) is 2.97. The molecule has 1 fully saturated rings. The van der Waals surface area contributed by atoms with Crippen LogP contribution < -0.4 is 0 Å². The second kappa shape index (κ2) is 3.46. The van der Waals surface area contributed by atoms with Crippen molar-refractivity contribution in [3.63, 3.8) is 0 Å². The molecule has 1 aliphatic carbocycles. The largest absolute Gasteiger partial charge is 0.123 e. The van der Waals surface area contributed by atoms with E-state index in [0.29, 0.717) is 5.38 Å². The zero-order valence-corrected chi connectivity index (χ0v) is 6.82. The Bertz CT molecular complexity index is 74.6. The van der Waals surface area contributed by atoms with Crippen LogP contribution in [-0.2, 0) is 0 Å². The van der Waals surface area contributed by atoms with Crippen molar-refractivity contribution in [2.75, 3.05) is 0 Å². The molecule has 0 aromatic carbocycles. The van der Waals surface area contributed by atoms with Gasteiger partial charge in [-0.3, -0.25) is 0 Å². The summed E-state index contributed by atoms with van der Waals surface area (Å²) < 4.78 is 0. The summed E-state index contributed by atoms with van der Waals surface area (Å²) in [5.74, 6) is 0.844. The molecular weight excluding hydrogens is 132 g/mol. The van der Waals surface area contributed by atoms with Gasteiger partial charge in [-0.2, -0.15) is 0 Å². The smallest absolute Gasteiger partial charge is 0.0361 e. The summed E-state index contributed by atoms with van der Waals surface area (Å²) in [5.41, 5.74) is 0. The Morgan fingerprint density at radius 1 is 1.44 bits per heavy atom. The van der Waals surface area contributed by atoms with Crippen molar-refractivity contribution in [1.82, 2.24) is 0 Å². The fourth-order valence-corrected chi connectivity index (χ4v) is 1.90. The molecule has 0 aliphatic heterocycles. The summed E-state index contributed by atoms with van der Waals surface area (Å²) in [6.07, 6.45) is 6.72. The summed E-state index contributed by atoms with van der Waals surface area (Å²) in [7, 11) is 0. The van der Waals surface area contributed by atoms with Crippen LogP contribution in [-0.4, -0.2) is 5.38 Å². The Kier molecular flexibility index (Phi) is 2.84. The van der Waals surface area contributed by atoms with Gasteiger partial charge in [-0.25, -0.2) is 0 Å². The third-order valence-corrected chi connectivity index (χ3v) is 2.97. The molecule has 1 heteroatoms. The third-order valence-electron chi connectivity index (χ3n) is 2.30. The van der Waals surface area contributed by atoms with E-state index in [4.69, 9.17) is 11.6 Å².